The number of aromatic amines is 1. The van der Waals surface area contributed by atoms with Crippen LogP contribution in [0.5, 0.6) is 0 Å². The van der Waals surface area contributed by atoms with Gasteiger partial charge in [0.05, 0.1) is 0 Å². The van der Waals surface area contributed by atoms with E-state index in [2.05, 4.69) is 20.5 Å². The summed E-state index contributed by atoms with van der Waals surface area (Å²) in [4.78, 5) is 4.34. The maximum atomic E-state index is 13.2. The lowest BCUT2D eigenvalue weighted by molar-refractivity contribution is 0.626. The van der Waals surface area contributed by atoms with Crippen LogP contribution in [0.15, 0.2) is 48.5 Å². The molecule has 4 nitrogen and oxygen atoms in total. The highest BCUT2D eigenvalue weighted by Crippen LogP contribution is 2.25. The van der Waals surface area contributed by atoms with Crippen LogP contribution < -0.4 is 5.32 Å². The Balaban J connectivity index is 1.83. The quantitative estimate of drug-likeness (QED) is 0.769. The Hall–Kier alpha value is -2.69. The fourth-order valence-electron chi connectivity index (χ4n) is 2.14. The summed E-state index contributed by atoms with van der Waals surface area (Å²) in [5.41, 5.74) is 2.72. The molecule has 106 valence electrons. The number of para-hydroxylation sites is 1. The minimum Gasteiger partial charge on any atom is -0.380 e. The van der Waals surface area contributed by atoms with Crippen molar-refractivity contribution in [3.63, 3.8) is 0 Å². The van der Waals surface area contributed by atoms with Gasteiger partial charge < -0.3 is 5.32 Å². The third kappa shape index (κ3) is 3.08. The molecule has 3 aromatic rings. The second-order valence-corrected chi connectivity index (χ2v) is 4.77. The lowest BCUT2D eigenvalue weighted by Gasteiger charge is -2.10. The van der Waals surface area contributed by atoms with Crippen LogP contribution in [0.25, 0.3) is 11.4 Å². The summed E-state index contributed by atoms with van der Waals surface area (Å²) < 4.78 is 13.2. The van der Waals surface area contributed by atoms with Crippen LogP contribution in [0.3, 0.4) is 0 Å². The van der Waals surface area contributed by atoms with Crippen molar-refractivity contribution in [2.45, 2.75) is 13.5 Å². The predicted octanol–water partition coefficient (Wildman–Crippen LogP) is 3.53. The number of nitrogens with zero attached hydrogens (tertiary/aromatic N) is 2. The summed E-state index contributed by atoms with van der Waals surface area (Å²) in [5.74, 6) is 1.19. The number of halogens is 1. The molecular weight excluding hydrogens is 267 g/mol. The van der Waals surface area contributed by atoms with E-state index < -0.39 is 0 Å². The van der Waals surface area contributed by atoms with Crippen molar-refractivity contribution in [1.29, 1.82) is 0 Å². The fourth-order valence-corrected chi connectivity index (χ4v) is 2.14. The number of nitrogens with one attached hydrogen (secondary N) is 2. The number of H-pyrrole nitrogens is 1. The number of anilines is 1. The molecule has 0 aliphatic rings. The van der Waals surface area contributed by atoms with Gasteiger partial charge in [0.25, 0.3) is 0 Å². The lowest BCUT2D eigenvalue weighted by atomic mass is 10.1. The number of hydrogen-bond acceptors (Lipinski definition) is 3. The Morgan fingerprint density at radius 2 is 2.00 bits per heavy atom. The normalized spacial score (nSPS) is 10.6. The highest BCUT2D eigenvalue weighted by Gasteiger charge is 2.08. The maximum absolute atomic E-state index is 13.2. The third-order valence-corrected chi connectivity index (χ3v) is 3.14. The molecule has 21 heavy (non-hydrogen) atoms. The molecule has 0 saturated carbocycles. The number of aryl methyl sites for hydroxylation is 1. The number of aromatic nitrogens is 3. The summed E-state index contributed by atoms with van der Waals surface area (Å²) in [7, 11) is 0. The molecule has 0 amide bonds. The van der Waals surface area contributed by atoms with Gasteiger partial charge in [-0.05, 0) is 36.8 Å². The van der Waals surface area contributed by atoms with Crippen LogP contribution in [0.2, 0.25) is 0 Å². The molecule has 1 heterocycles. The zero-order chi connectivity index (χ0) is 14.7. The van der Waals surface area contributed by atoms with Gasteiger partial charge in [0.15, 0.2) is 5.82 Å². The molecule has 0 saturated heterocycles. The zero-order valence-corrected chi connectivity index (χ0v) is 11.6. The minimum absolute atomic E-state index is 0.229. The van der Waals surface area contributed by atoms with Gasteiger partial charge in [0, 0.05) is 17.8 Å². The van der Waals surface area contributed by atoms with Gasteiger partial charge in [-0.2, -0.15) is 5.10 Å². The number of rotatable bonds is 4. The molecule has 0 aliphatic heterocycles. The first-order valence-electron chi connectivity index (χ1n) is 6.69. The van der Waals surface area contributed by atoms with E-state index in [1.807, 2.05) is 37.3 Å². The molecule has 3 rings (SSSR count). The SMILES string of the molecule is Cc1nc(-c2ccccc2NCc2cccc(F)c2)n[nH]1. The maximum Gasteiger partial charge on any atom is 0.183 e. The standard InChI is InChI=1S/C16H15FN4/c1-11-19-16(21-20-11)14-7-2-3-8-15(14)18-10-12-5-4-6-13(17)9-12/h2-9,18H,10H2,1H3,(H,19,20,21). The van der Waals surface area contributed by atoms with Crippen molar-refractivity contribution < 1.29 is 4.39 Å². The van der Waals surface area contributed by atoms with E-state index in [0.717, 1.165) is 22.6 Å². The summed E-state index contributed by atoms with van der Waals surface area (Å²) >= 11 is 0. The Bertz CT molecular complexity index is 751. The third-order valence-electron chi connectivity index (χ3n) is 3.14. The van der Waals surface area contributed by atoms with Crippen molar-refractivity contribution in [1.82, 2.24) is 15.2 Å². The zero-order valence-electron chi connectivity index (χ0n) is 11.6. The van der Waals surface area contributed by atoms with E-state index in [1.165, 1.54) is 12.1 Å². The molecule has 0 bridgehead atoms. The van der Waals surface area contributed by atoms with E-state index in [-0.39, 0.29) is 5.82 Å². The molecule has 0 aliphatic carbocycles. The van der Waals surface area contributed by atoms with Crippen LogP contribution >= 0.6 is 0 Å². The molecule has 0 radical (unpaired) electrons. The van der Waals surface area contributed by atoms with Gasteiger partial charge in [0.1, 0.15) is 11.6 Å². The van der Waals surface area contributed by atoms with Gasteiger partial charge in [-0.25, -0.2) is 9.37 Å². The van der Waals surface area contributed by atoms with Crippen molar-refractivity contribution >= 4 is 5.69 Å². The van der Waals surface area contributed by atoms with Crippen LogP contribution in [0.4, 0.5) is 10.1 Å². The van der Waals surface area contributed by atoms with Gasteiger partial charge >= 0.3 is 0 Å². The summed E-state index contributed by atoms with van der Waals surface area (Å²) in [5, 5.41) is 10.3. The topological polar surface area (TPSA) is 53.6 Å². The summed E-state index contributed by atoms with van der Waals surface area (Å²) in [6, 6.07) is 14.3. The molecule has 2 aromatic carbocycles. The predicted molar refractivity (Wildman–Crippen MR) is 80.3 cm³/mol. The Morgan fingerprint density at radius 3 is 2.76 bits per heavy atom. The number of benzene rings is 2. The average molecular weight is 282 g/mol. The van der Waals surface area contributed by atoms with Crippen molar-refractivity contribution in [3.8, 4) is 11.4 Å². The summed E-state index contributed by atoms with van der Waals surface area (Å²) in [6.45, 7) is 2.40. The van der Waals surface area contributed by atoms with Crippen LogP contribution in [0, 0.1) is 12.7 Å². The van der Waals surface area contributed by atoms with Gasteiger partial charge in [0.2, 0.25) is 0 Å². The van der Waals surface area contributed by atoms with Crippen molar-refractivity contribution in [2.24, 2.45) is 0 Å². The molecule has 0 atom stereocenters. The smallest absolute Gasteiger partial charge is 0.183 e. The van der Waals surface area contributed by atoms with Crippen molar-refractivity contribution in [3.05, 3.63) is 65.7 Å². The first kappa shape index (κ1) is 13.3. The van der Waals surface area contributed by atoms with E-state index in [0.29, 0.717) is 12.4 Å². The minimum atomic E-state index is -0.229. The largest absolute Gasteiger partial charge is 0.380 e. The highest BCUT2D eigenvalue weighted by molar-refractivity contribution is 5.73. The van der Waals surface area contributed by atoms with E-state index >= 15 is 0 Å². The monoisotopic (exact) mass is 282 g/mol. The molecule has 0 spiro atoms. The first-order valence-corrected chi connectivity index (χ1v) is 6.69. The molecule has 2 N–H and O–H groups in total. The Labute approximate surface area is 122 Å². The Kier molecular flexibility index (Phi) is 3.64. The molecule has 5 heteroatoms. The van der Waals surface area contributed by atoms with E-state index in [4.69, 9.17) is 0 Å². The van der Waals surface area contributed by atoms with Crippen molar-refractivity contribution in [2.75, 3.05) is 5.32 Å². The molecular formula is C16H15FN4. The second-order valence-electron chi connectivity index (χ2n) is 4.77. The van der Waals surface area contributed by atoms with Gasteiger partial charge in [-0.1, -0.05) is 24.3 Å². The second kappa shape index (κ2) is 5.75. The van der Waals surface area contributed by atoms with Gasteiger partial charge in [-0.15, -0.1) is 0 Å². The van der Waals surface area contributed by atoms with Crippen LogP contribution in [-0.4, -0.2) is 15.2 Å². The first-order chi connectivity index (χ1) is 10.2. The fraction of sp³-hybridized carbons (Fsp3) is 0.125. The van der Waals surface area contributed by atoms with Crippen LogP contribution in [0.1, 0.15) is 11.4 Å². The molecule has 0 fully saturated rings. The average Bonchev–Trinajstić information content (AvgIpc) is 2.92. The summed E-state index contributed by atoms with van der Waals surface area (Å²) in [6.07, 6.45) is 0. The van der Waals surface area contributed by atoms with Crippen LogP contribution in [-0.2, 0) is 6.54 Å². The molecule has 1 aromatic heterocycles. The number of hydrogen-bond donors (Lipinski definition) is 2. The Morgan fingerprint density at radius 1 is 1.14 bits per heavy atom. The van der Waals surface area contributed by atoms with E-state index in [9.17, 15) is 4.39 Å². The molecule has 0 unspecified atom stereocenters. The van der Waals surface area contributed by atoms with Gasteiger partial charge in [-0.3, -0.25) is 5.10 Å². The highest BCUT2D eigenvalue weighted by atomic mass is 19.1. The van der Waals surface area contributed by atoms with E-state index in [1.54, 1.807) is 6.07 Å². The lowest BCUT2D eigenvalue weighted by Crippen LogP contribution is -2.01.